The highest BCUT2D eigenvalue weighted by molar-refractivity contribution is 7.89. The molecule has 0 aliphatic carbocycles. The molecule has 10 heteroatoms. The Bertz CT molecular complexity index is 930. The lowest BCUT2D eigenvalue weighted by Gasteiger charge is -2.33. The number of hydrogen-bond donors (Lipinski definition) is 1. The molecule has 9 nitrogen and oxygen atoms in total. The number of nitrogens with one attached hydrogen (secondary N) is 1. The average molecular weight is 448 g/mol. The molecule has 0 spiro atoms. The SMILES string of the molecule is CCCCOc1ccc(C(=O)NCCS(=O)(=O)N2CCN(c3ncccn3)CC2)cc1. The van der Waals surface area contributed by atoms with Crippen LogP contribution in [-0.4, -0.2) is 73.7 Å². The maximum atomic E-state index is 12.6. The minimum atomic E-state index is -3.46. The van der Waals surface area contributed by atoms with E-state index >= 15 is 0 Å². The molecule has 31 heavy (non-hydrogen) atoms. The molecule has 0 radical (unpaired) electrons. The van der Waals surface area contributed by atoms with Crippen LogP contribution >= 0.6 is 0 Å². The summed E-state index contributed by atoms with van der Waals surface area (Å²) in [6.07, 6.45) is 5.37. The molecule has 0 atom stereocenters. The van der Waals surface area contributed by atoms with E-state index in [4.69, 9.17) is 4.74 Å². The normalized spacial score (nSPS) is 14.9. The van der Waals surface area contributed by atoms with Crippen molar-refractivity contribution >= 4 is 21.9 Å². The second-order valence-corrected chi connectivity index (χ2v) is 9.32. The minimum absolute atomic E-state index is 0.0535. The highest BCUT2D eigenvalue weighted by atomic mass is 32.2. The topological polar surface area (TPSA) is 105 Å². The van der Waals surface area contributed by atoms with Gasteiger partial charge in [-0.1, -0.05) is 13.3 Å². The first-order valence-electron chi connectivity index (χ1n) is 10.5. The number of hydrogen-bond acceptors (Lipinski definition) is 7. The molecule has 1 amide bonds. The molecule has 2 aromatic rings. The lowest BCUT2D eigenvalue weighted by molar-refractivity contribution is 0.0956. The van der Waals surface area contributed by atoms with Crippen molar-refractivity contribution in [2.24, 2.45) is 0 Å². The van der Waals surface area contributed by atoms with Crippen LogP contribution < -0.4 is 15.0 Å². The third-order valence-corrected chi connectivity index (χ3v) is 6.87. The van der Waals surface area contributed by atoms with Gasteiger partial charge in [0.05, 0.1) is 12.4 Å². The van der Waals surface area contributed by atoms with E-state index in [1.165, 1.54) is 4.31 Å². The first kappa shape index (κ1) is 23.0. The van der Waals surface area contributed by atoms with Gasteiger partial charge in [0.1, 0.15) is 5.75 Å². The Hall–Kier alpha value is -2.72. The Morgan fingerprint density at radius 1 is 1.10 bits per heavy atom. The Labute approximate surface area is 183 Å². The quantitative estimate of drug-likeness (QED) is 0.551. The van der Waals surface area contributed by atoms with Crippen LogP contribution in [0.5, 0.6) is 5.75 Å². The summed E-state index contributed by atoms with van der Waals surface area (Å²) in [6.45, 7) is 4.59. The van der Waals surface area contributed by atoms with E-state index in [1.807, 2.05) is 4.90 Å². The first-order valence-corrected chi connectivity index (χ1v) is 12.1. The molecule has 1 aromatic heterocycles. The summed E-state index contributed by atoms with van der Waals surface area (Å²) < 4.78 is 32.3. The number of anilines is 1. The Balaban J connectivity index is 1.42. The van der Waals surface area contributed by atoms with Gasteiger partial charge in [0.25, 0.3) is 5.91 Å². The summed E-state index contributed by atoms with van der Waals surface area (Å²) in [5.41, 5.74) is 0.469. The van der Waals surface area contributed by atoms with Gasteiger partial charge in [-0.15, -0.1) is 0 Å². The van der Waals surface area contributed by atoms with E-state index in [0.29, 0.717) is 50.0 Å². The number of aromatic nitrogens is 2. The predicted molar refractivity (Wildman–Crippen MR) is 119 cm³/mol. The number of ether oxygens (including phenoxy) is 1. The Kier molecular flexibility index (Phi) is 8.19. The second-order valence-electron chi connectivity index (χ2n) is 7.23. The van der Waals surface area contributed by atoms with Gasteiger partial charge in [0, 0.05) is 50.7 Å². The number of carbonyl (C=O) groups is 1. The lowest BCUT2D eigenvalue weighted by Crippen LogP contribution is -2.50. The molecule has 3 rings (SSSR count). The number of piperazine rings is 1. The zero-order valence-corrected chi connectivity index (χ0v) is 18.6. The summed E-state index contributed by atoms with van der Waals surface area (Å²) in [5.74, 6) is 0.876. The van der Waals surface area contributed by atoms with Crippen LogP contribution in [0.2, 0.25) is 0 Å². The average Bonchev–Trinajstić information content (AvgIpc) is 2.80. The Morgan fingerprint density at radius 2 is 1.77 bits per heavy atom. The van der Waals surface area contributed by atoms with Crippen molar-refractivity contribution in [1.82, 2.24) is 19.6 Å². The molecule has 1 fully saturated rings. The van der Waals surface area contributed by atoms with Crippen molar-refractivity contribution in [3.05, 3.63) is 48.3 Å². The van der Waals surface area contributed by atoms with Crippen LogP contribution in [0.1, 0.15) is 30.1 Å². The summed E-state index contributed by atoms with van der Waals surface area (Å²) >= 11 is 0. The molecular weight excluding hydrogens is 418 g/mol. The fraction of sp³-hybridized carbons (Fsp3) is 0.476. The molecule has 0 unspecified atom stereocenters. The number of benzene rings is 1. The minimum Gasteiger partial charge on any atom is -0.494 e. The predicted octanol–water partition coefficient (Wildman–Crippen LogP) is 1.54. The van der Waals surface area contributed by atoms with Gasteiger partial charge < -0.3 is 15.0 Å². The van der Waals surface area contributed by atoms with Gasteiger partial charge in [-0.25, -0.2) is 18.4 Å². The molecule has 2 heterocycles. The largest absolute Gasteiger partial charge is 0.494 e. The van der Waals surface area contributed by atoms with E-state index in [0.717, 1.165) is 12.8 Å². The number of nitrogens with zero attached hydrogens (tertiary/aromatic N) is 4. The molecule has 168 valence electrons. The standard InChI is InChI=1S/C21H29N5O4S/c1-2-3-16-30-19-7-5-18(6-8-19)20(27)22-11-17-31(28,29)26-14-12-25(13-15-26)21-23-9-4-10-24-21/h4-10H,2-3,11-17H2,1H3,(H,22,27). The fourth-order valence-electron chi connectivity index (χ4n) is 3.18. The third-order valence-electron chi connectivity index (χ3n) is 5.00. The van der Waals surface area contributed by atoms with Crippen LogP contribution in [0.4, 0.5) is 5.95 Å². The number of sulfonamides is 1. The van der Waals surface area contributed by atoms with Gasteiger partial charge in [0.2, 0.25) is 16.0 Å². The van der Waals surface area contributed by atoms with Crippen LogP contribution in [0.15, 0.2) is 42.7 Å². The van der Waals surface area contributed by atoms with Crippen molar-refractivity contribution in [3.63, 3.8) is 0 Å². The van der Waals surface area contributed by atoms with E-state index in [9.17, 15) is 13.2 Å². The van der Waals surface area contributed by atoms with Gasteiger partial charge in [0.15, 0.2) is 0 Å². The first-order chi connectivity index (χ1) is 15.0. The summed E-state index contributed by atoms with van der Waals surface area (Å²) in [4.78, 5) is 22.7. The second kappa shape index (κ2) is 11.1. The van der Waals surface area contributed by atoms with Crippen LogP contribution in [0.25, 0.3) is 0 Å². The van der Waals surface area contributed by atoms with Crippen LogP contribution in [-0.2, 0) is 10.0 Å². The number of rotatable bonds is 10. The molecule has 0 bridgehead atoms. The third kappa shape index (κ3) is 6.63. The highest BCUT2D eigenvalue weighted by Crippen LogP contribution is 2.14. The van der Waals surface area contributed by atoms with E-state index in [1.54, 1.807) is 42.7 Å². The van der Waals surface area contributed by atoms with Crippen molar-refractivity contribution in [2.45, 2.75) is 19.8 Å². The van der Waals surface area contributed by atoms with Gasteiger partial charge in [-0.3, -0.25) is 4.79 Å². The molecule has 1 aliphatic rings. The van der Waals surface area contributed by atoms with E-state index < -0.39 is 10.0 Å². The highest BCUT2D eigenvalue weighted by Gasteiger charge is 2.27. The van der Waals surface area contributed by atoms with Crippen molar-refractivity contribution in [1.29, 1.82) is 0 Å². The Morgan fingerprint density at radius 3 is 2.42 bits per heavy atom. The van der Waals surface area contributed by atoms with Crippen LogP contribution in [0, 0.1) is 0 Å². The number of unbranched alkanes of at least 4 members (excludes halogenated alkanes) is 1. The summed E-state index contributed by atoms with van der Waals surface area (Å²) in [6, 6.07) is 8.59. The number of amides is 1. The zero-order valence-electron chi connectivity index (χ0n) is 17.7. The molecule has 0 saturated carbocycles. The summed E-state index contributed by atoms with van der Waals surface area (Å²) in [5, 5.41) is 2.68. The smallest absolute Gasteiger partial charge is 0.251 e. The van der Waals surface area contributed by atoms with Crippen molar-refractivity contribution < 1.29 is 17.9 Å². The van der Waals surface area contributed by atoms with Gasteiger partial charge >= 0.3 is 0 Å². The zero-order chi connectivity index (χ0) is 22.1. The van der Waals surface area contributed by atoms with Crippen molar-refractivity contribution in [3.8, 4) is 5.75 Å². The molecule has 1 aliphatic heterocycles. The fourth-order valence-corrected chi connectivity index (χ4v) is 4.52. The van der Waals surface area contributed by atoms with E-state index in [-0.39, 0.29) is 18.2 Å². The van der Waals surface area contributed by atoms with Crippen LogP contribution in [0.3, 0.4) is 0 Å². The molecule has 1 N–H and O–H groups in total. The monoisotopic (exact) mass is 447 g/mol. The van der Waals surface area contributed by atoms with E-state index in [2.05, 4.69) is 22.2 Å². The maximum Gasteiger partial charge on any atom is 0.251 e. The molecule has 1 saturated heterocycles. The lowest BCUT2D eigenvalue weighted by atomic mass is 10.2. The van der Waals surface area contributed by atoms with Crippen molar-refractivity contribution in [2.75, 3.05) is 50.0 Å². The van der Waals surface area contributed by atoms with Gasteiger partial charge in [-0.05, 0) is 36.8 Å². The summed E-state index contributed by atoms with van der Waals surface area (Å²) in [7, 11) is -3.46. The maximum absolute atomic E-state index is 12.6. The molecular formula is C21H29N5O4S. The van der Waals surface area contributed by atoms with Gasteiger partial charge in [-0.2, -0.15) is 4.31 Å². The molecule has 1 aromatic carbocycles. The number of carbonyl (C=O) groups excluding carboxylic acids is 1.